The van der Waals surface area contributed by atoms with E-state index in [1.165, 1.54) is 0 Å². The summed E-state index contributed by atoms with van der Waals surface area (Å²) in [6, 6.07) is 0. The third-order valence-electron chi connectivity index (χ3n) is 2.39. The summed E-state index contributed by atoms with van der Waals surface area (Å²) in [5.41, 5.74) is 6.91. The first kappa shape index (κ1) is 18.7. The first-order valence-electron chi connectivity index (χ1n) is 6.32. The van der Waals surface area contributed by atoms with Crippen molar-refractivity contribution < 1.29 is 24.5 Å². The second-order valence-electron chi connectivity index (χ2n) is 3.95. The smallest absolute Gasteiger partial charge is 0.338 e. The van der Waals surface area contributed by atoms with E-state index in [-0.39, 0.29) is 6.54 Å². The fourth-order valence-electron chi connectivity index (χ4n) is 1.29. The number of rotatable bonds is 11. The van der Waals surface area contributed by atoms with E-state index in [0.717, 1.165) is 13.7 Å². The number of carbonyl (C=O) groups is 2. The summed E-state index contributed by atoms with van der Waals surface area (Å²) in [7, 11) is 1.05. The van der Waals surface area contributed by atoms with E-state index in [4.69, 9.17) is 5.73 Å². The van der Waals surface area contributed by atoms with Gasteiger partial charge in [-0.1, -0.05) is 0 Å². The van der Waals surface area contributed by atoms with Crippen LogP contribution < -0.4 is 21.7 Å². The summed E-state index contributed by atoms with van der Waals surface area (Å²) in [5, 5.41) is 27.1. The van der Waals surface area contributed by atoms with E-state index in [1.54, 1.807) is 0 Å². The quantitative estimate of drug-likeness (QED) is 0.196. The standard InChI is InChI=1S/C11H23N4O5/c1-20-11(19)9(17)8(16)10(18)15-7-6-14-5-4-13-3-2-12/h8-9,12-14,16-17H,2-7H2,1H3,(H,15,18). The second-order valence-corrected chi connectivity index (χ2v) is 3.95. The van der Waals surface area contributed by atoms with Crippen LogP contribution in [0, 0.1) is 0 Å². The highest BCUT2D eigenvalue weighted by molar-refractivity contribution is 5.88. The van der Waals surface area contributed by atoms with Gasteiger partial charge >= 0.3 is 5.97 Å². The number of amides is 1. The molecular formula is C11H23N4O5. The Morgan fingerprint density at radius 1 is 1.05 bits per heavy atom. The van der Waals surface area contributed by atoms with Gasteiger partial charge in [0.15, 0.2) is 12.2 Å². The molecular weight excluding hydrogens is 268 g/mol. The number of nitrogens with one attached hydrogen (secondary N) is 4. The zero-order chi connectivity index (χ0) is 15.4. The van der Waals surface area contributed by atoms with Crippen molar-refractivity contribution in [2.24, 2.45) is 0 Å². The molecule has 2 unspecified atom stereocenters. The predicted molar refractivity (Wildman–Crippen MR) is 70.7 cm³/mol. The van der Waals surface area contributed by atoms with Gasteiger partial charge in [0.2, 0.25) is 0 Å². The van der Waals surface area contributed by atoms with Gasteiger partial charge in [-0.05, 0) is 0 Å². The van der Waals surface area contributed by atoms with Crippen LogP contribution in [0.3, 0.4) is 0 Å². The largest absolute Gasteiger partial charge is 0.467 e. The zero-order valence-corrected chi connectivity index (χ0v) is 11.5. The zero-order valence-electron chi connectivity index (χ0n) is 11.5. The molecule has 0 aliphatic carbocycles. The van der Waals surface area contributed by atoms with Crippen molar-refractivity contribution in [3.8, 4) is 0 Å². The number of hydrogen-bond acceptors (Lipinski definition) is 7. The van der Waals surface area contributed by atoms with E-state index in [1.807, 2.05) is 0 Å². The maximum absolute atomic E-state index is 11.4. The topological polar surface area (TPSA) is 144 Å². The normalized spacial score (nSPS) is 13.6. The summed E-state index contributed by atoms with van der Waals surface area (Å²) < 4.78 is 4.21. The number of aliphatic hydroxyl groups excluding tert-OH is 2. The first-order chi connectivity index (χ1) is 9.54. The average molecular weight is 291 g/mol. The number of hydrogen-bond donors (Lipinski definition) is 5. The Kier molecular flexibility index (Phi) is 10.8. The molecule has 0 rings (SSSR count). The van der Waals surface area contributed by atoms with Gasteiger partial charge in [0.25, 0.3) is 5.91 Å². The lowest BCUT2D eigenvalue weighted by atomic mass is 10.2. The lowest BCUT2D eigenvalue weighted by Gasteiger charge is -2.15. The number of esters is 1. The second kappa shape index (κ2) is 11.6. The molecule has 1 amide bonds. The van der Waals surface area contributed by atoms with Crippen molar-refractivity contribution in [2.45, 2.75) is 12.2 Å². The summed E-state index contributed by atoms with van der Waals surface area (Å²) >= 11 is 0. The van der Waals surface area contributed by atoms with Gasteiger partial charge in [-0.2, -0.15) is 0 Å². The average Bonchev–Trinajstić information content (AvgIpc) is 2.47. The maximum atomic E-state index is 11.4. The van der Waals surface area contributed by atoms with Gasteiger partial charge in [0.05, 0.1) is 7.11 Å². The minimum atomic E-state index is -1.89. The minimum Gasteiger partial charge on any atom is -0.467 e. The Hall–Kier alpha value is -1.26. The lowest BCUT2D eigenvalue weighted by Crippen LogP contribution is -2.47. The summed E-state index contributed by atoms with van der Waals surface area (Å²) in [6.45, 7) is 3.10. The molecule has 9 heteroatoms. The number of carbonyl (C=O) groups excluding carboxylic acids is 2. The third kappa shape index (κ3) is 8.02. The molecule has 0 aromatic carbocycles. The van der Waals surface area contributed by atoms with Crippen molar-refractivity contribution >= 4 is 11.9 Å². The highest BCUT2D eigenvalue weighted by atomic mass is 16.5. The van der Waals surface area contributed by atoms with Crippen LogP contribution in [-0.4, -0.2) is 80.7 Å². The van der Waals surface area contributed by atoms with E-state index < -0.39 is 24.1 Å². The van der Waals surface area contributed by atoms with Gasteiger partial charge < -0.3 is 30.9 Å². The Morgan fingerprint density at radius 3 is 2.15 bits per heavy atom. The molecule has 0 aliphatic heterocycles. The van der Waals surface area contributed by atoms with Gasteiger partial charge in [0, 0.05) is 39.3 Å². The molecule has 0 fully saturated rings. The Labute approximate surface area is 117 Å². The van der Waals surface area contributed by atoms with Crippen LogP contribution in [0.25, 0.3) is 0 Å². The summed E-state index contributed by atoms with van der Waals surface area (Å²) in [5.74, 6) is -1.90. The highest BCUT2D eigenvalue weighted by Gasteiger charge is 2.30. The Bertz CT molecular complexity index is 290. The summed E-state index contributed by atoms with van der Waals surface area (Å²) in [4.78, 5) is 22.3. The van der Waals surface area contributed by atoms with Crippen molar-refractivity contribution in [3.63, 3.8) is 0 Å². The fourth-order valence-corrected chi connectivity index (χ4v) is 1.29. The Morgan fingerprint density at radius 2 is 1.60 bits per heavy atom. The molecule has 0 aromatic heterocycles. The minimum absolute atomic E-state index is 0.252. The van der Waals surface area contributed by atoms with Gasteiger partial charge in [-0.25, -0.2) is 4.79 Å². The van der Waals surface area contributed by atoms with Crippen LogP contribution in [-0.2, 0) is 14.3 Å². The molecule has 9 nitrogen and oxygen atoms in total. The van der Waals surface area contributed by atoms with Crippen molar-refractivity contribution in [2.75, 3.05) is 46.4 Å². The monoisotopic (exact) mass is 291 g/mol. The Balaban J connectivity index is 3.65. The molecule has 0 aliphatic rings. The molecule has 20 heavy (non-hydrogen) atoms. The van der Waals surface area contributed by atoms with Crippen molar-refractivity contribution in [1.29, 1.82) is 0 Å². The molecule has 0 heterocycles. The molecule has 1 radical (unpaired) electrons. The van der Waals surface area contributed by atoms with E-state index in [9.17, 15) is 19.8 Å². The molecule has 0 bridgehead atoms. The van der Waals surface area contributed by atoms with Gasteiger partial charge in [0.1, 0.15) is 0 Å². The van der Waals surface area contributed by atoms with Crippen LogP contribution in [0.1, 0.15) is 0 Å². The SMILES string of the molecule is COC(=O)C(O)C(O)C(=O)NCCNCCNCC[NH]. The van der Waals surface area contributed by atoms with E-state index in [0.29, 0.717) is 26.2 Å². The van der Waals surface area contributed by atoms with Crippen LogP contribution in [0.15, 0.2) is 0 Å². The molecule has 0 aromatic rings. The highest BCUT2D eigenvalue weighted by Crippen LogP contribution is 1.96. The molecule has 0 saturated heterocycles. The number of ether oxygens (including phenoxy) is 1. The van der Waals surface area contributed by atoms with Crippen LogP contribution >= 0.6 is 0 Å². The molecule has 6 N–H and O–H groups in total. The van der Waals surface area contributed by atoms with Gasteiger partial charge in [-0.3, -0.25) is 10.5 Å². The van der Waals surface area contributed by atoms with E-state index >= 15 is 0 Å². The van der Waals surface area contributed by atoms with Crippen LogP contribution in [0.4, 0.5) is 0 Å². The lowest BCUT2D eigenvalue weighted by molar-refractivity contribution is -0.161. The fraction of sp³-hybridized carbons (Fsp3) is 0.818. The molecule has 117 valence electrons. The van der Waals surface area contributed by atoms with Crippen molar-refractivity contribution in [3.05, 3.63) is 0 Å². The van der Waals surface area contributed by atoms with Crippen LogP contribution in [0.2, 0.25) is 0 Å². The molecule has 2 atom stereocenters. The summed E-state index contributed by atoms with van der Waals surface area (Å²) in [6.07, 6.45) is -3.73. The molecule has 0 saturated carbocycles. The number of aliphatic hydroxyl groups is 2. The third-order valence-corrected chi connectivity index (χ3v) is 2.39. The first-order valence-corrected chi connectivity index (χ1v) is 6.32. The maximum Gasteiger partial charge on any atom is 0.338 e. The van der Waals surface area contributed by atoms with Gasteiger partial charge in [-0.15, -0.1) is 0 Å². The van der Waals surface area contributed by atoms with Crippen molar-refractivity contribution in [1.82, 2.24) is 21.7 Å². The van der Waals surface area contributed by atoms with Crippen LogP contribution in [0.5, 0.6) is 0 Å². The number of methoxy groups -OCH3 is 1. The van der Waals surface area contributed by atoms with E-state index in [2.05, 4.69) is 20.7 Å². The predicted octanol–water partition coefficient (Wildman–Crippen LogP) is -3.54. The molecule has 0 spiro atoms.